The van der Waals surface area contributed by atoms with E-state index in [9.17, 15) is 14.7 Å². The minimum absolute atomic E-state index is 0.0351. The maximum atomic E-state index is 12.6. The quantitative estimate of drug-likeness (QED) is 0.828. The summed E-state index contributed by atoms with van der Waals surface area (Å²) in [5.41, 5.74) is 0. The summed E-state index contributed by atoms with van der Waals surface area (Å²) >= 11 is 0. The summed E-state index contributed by atoms with van der Waals surface area (Å²) in [7, 11) is 0. The highest BCUT2D eigenvalue weighted by Gasteiger charge is 2.41. The van der Waals surface area contributed by atoms with Crippen molar-refractivity contribution < 1.29 is 14.7 Å². The van der Waals surface area contributed by atoms with E-state index < -0.39 is 11.9 Å². The fraction of sp³-hybridized carbons (Fsp3) is 0.867. The van der Waals surface area contributed by atoms with Gasteiger partial charge in [0.1, 0.15) is 0 Å². The predicted octanol–water partition coefficient (Wildman–Crippen LogP) is 1.07. The number of nitrogens with zero attached hydrogens (tertiary/aromatic N) is 3. The second-order valence-electron chi connectivity index (χ2n) is 6.58. The third kappa shape index (κ3) is 2.73. The van der Waals surface area contributed by atoms with E-state index in [4.69, 9.17) is 0 Å². The zero-order valence-electron chi connectivity index (χ0n) is 12.7. The van der Waals surface area contributed by atoms with Crippen LogP contribution in [0.5, 0.6) is 0 Å². The Labute approximate surface area is 125 Å². The van der Waals surface area contributed by atoms with E-state index in [1.165, 1.54) is 12.8 Å². The summed E-state index contributed by atoms with van der Waals surface area (Å²) in [6, 6.07) is 0.346. The van der Waals surface area contributed by atoms with E-state index in [1.807, 2.05) is 11.8 Å². The monoisotopic (exact) mass is 295 g/mol. The van der Waals surface area contributed by atoms with Crippen molar-refractivity contribution in [3.63, 3.8) is 0 Å². The van der Waals surface area contributed by atoms with Crippen LogP contribution in [-0.2, 0) is 4.79 Å². The van der Waals surface area contributed by atoms with Crippen molar-refractivity contribution in [3.05, 3.63) is 0 Å². The first-order valence-corrected chi connectivity index (χ1v) is 8.10. The normalized spacial score (nSPS) is 33.9. The molecule has 3 aliphatic rings. The second kappa shape index (κ2) is 5.83. The van der Waals surface area contributed by atoms with Gasteiger partial charge in [-0.15, -0.1) is 0 Å². The van der Waals surface area contributed by atoms with Crippen molar-refractivity contribution in [1.82, 2.24) is 14.7 Å². The number of amides is 2. The van der Waals surface area contributed by atoms with Gasteiger partial charge in [0.15, 0.2) is 0 Å². The smallest absolute Gasteiger partial charge is 0.320 e. The van der Waals surface area contributed by atoms with Gasteiger partial charge in [-0.05, 0) is 45.7 Å². The average molecular weight is 295 g/mol. The van der Waals surface area contributed by atoms with Crippen LogP contribution in [0, 0.1) is 5.92 Å². The molecule has 3 saturated heterocycles. The molecule has 3 heterocycles. The van der Waals surface area contributed by atoms with Crippen LogP contribution in [0.2, 0.25) is 0 Å². The lowest BCUT2D eigenvalue weighted by molar-refractivity contribution is -0.142. The first-order valence-electron chi connectivity index (χ1n) is 8.10. The van der Waals surface area contributed by atoms with Crippen molar-refractivity contribution in [2.75, 3.05) is 32.7 Å². The fourth-order valence-electron chi connectivity index (χ4n) is 4.04. The molecule has 3 unspecified atom stereocenters. The average Bonchev–Trinajstić information content (AvgIpc) is 3.18. The lowest BCUT2D eigenvalue weighted by Crippen LogP contribution is -2.46. The van der Waals surface area contributed by atoms with Crippen molar-refractivity contribution in [2.45, 2.75) is 44.7 Å². The predicted molar refractivity (Wildman–Crippen MR) is 78.1 cm³/mol. The Hall–Kier alpha value is -1.30. The highest BCUT2D eigenvalue weighted by Crippen LogP contribution is 2.27. The first kappa shape index (κ1) is 14.6. The number of carbonyl (C=O) groups excluding carboxylic acids is 1. The third-order valence-electron chi connectivity index (χ3n) is 5.41. The molecule has 2 amide bonds. The van der Waals surface area contributed by atoms with Gasteiger partial charge in [0.05, 0.1) is 5.92 Å². The number of likely N-dealkylation sites (tertiary alicyclic amines) is 3. The van der Waals surface area contributed by atoms with Gasteiger partial charge in [0, 0.05) is 31.7 Å². The Bertz CT molecular complexity index is 422. The van der Waals surface area contributed by atoms with Crippen LogP contribution >= 0.6 is 0 Å². The minimum atomic E-state index is -0.783. The molecular formula is C15H25N3O3. The molecule has 6 heteroatoms. The first-order chi connectivity index (χ1) is 10.1. The van der Waals surface area contributed by atoms with E-state index in [2.05, 4.69) is 4.90 Å². The number of carboxylic acid groups (broad SMARTS) is 1. The summed E-state index contributed by atoms with van der Waals surface area (Å²) in [6.45, 7) is 6.36. The third-order valence-corrected chi connectivity index (χ3v) is 5.41. The topological polar surface area (TPSA) is 64.1 Å². The molecule has 0 radical (unpaired) electrons. The Morgan fingerprint density at radius 3 is 2.38 bits per heavy atom. The van der Waals surface area contributed by atoms with Crippen molar-refractivity contribution in [3.8, 4) is 0 Å². The Balaban J connectivity index is 1.58. The Kier molecular flexibility index (Phi) is 4.06. The molecule has 3 aliphatic heterocycles. The fourth-order valence-corrected chi connectivity index (χ4v) is 4.04. The van der Waals surface area contributed by atoms with Crippen LogP contribution in [0.25, 0.3) is 0 Å². The molecule has 1 N–H and O–H groups in total. The van der Waals surface area contributed by atoms with Crippen LogP contribution in [0.1, 0.15) is 32.6 Å². The molecule has 21 heavy (non-hydrogen) atoms. The van der Waals surface area contributed by atoms with Gasteiger partial charge in [-0.25, -0.2) is 4.79 Å². The molecule has 0 aromatic rings. The number of rotatable bonds is 2. The SMILES string of the molecule is CC1C(C(=O)O)CCN1C(=O)N1CCC(N2CCCC2)C1. The highest BCUT2D eigenvalue weighted by molar-refractivity contribution is 5.78. The Morgan fingerprint density at radius 2 is 1.76 bits per heavy atom. The number of hydrogen-bond donors (Lipinski definition) is 1. The van der Waals surface area contributed by atoms with E-state index in [-0.39, 0.29) is 12.1 Å². The maximum Gasteiger partial charge on any atom is 0.320 e. The molecule has 3 fully saturated rings. The summed E-state index contributed by atoms with van der Waals surface area (Å²) in [6.07, 6.45) is 4.17. The molecule has 118 valence electrons. The molecule has 0 saturated carbocycles. The van der Waals surface area contributed by atoms with Gasteiger partial charge < -0.3 is 14.9 Å². The van der Waals surface area contributed by atoms with Crippen LogP contribution in [0.3, 0.4) is 0 Å². The van der Waals surface area contributed by atoms with Crippen molar-refractivity contribution >= 4 is 12.0 Å². The van der Waals surface area contributed by atoms with E-state index in [0.717, 1.165) is 32.6 Å². The van der Waals surface area contributed by atoms with E-state index >= 15 is 0 Å². The van der Waals surface area contributed by atoms with Gasteiger partial charge in [-0.3, -0.25) is 9.69 Å². The van der Waals surface area contributed by atoms with Gasteiger partial charge in [-0.2, -0.15) is 0 Å². The Morgan fingerprint density at radius 1 is 1.05 bits per heavy atom. The van der Waals surface area contributed by atoms with Gasteiger partial charge in [0.2, 0.25) is 0 Å². The van der Waals surface area contributed by atoms with Crippen LogP contribution in [-0.4, -0.2) is 76.6 Å². The zero-order valence-corrected chi connectivity index (χ0v) is 12.7. The van der Waals surface area contributed by atoms with E-state index in [1.54, 1.807) is 4.90 Å². The lowest BCUT2D eigenvalue weighted by Gasteiger charge is -2.29. The summed E-state index contributed by atoms with van der Waals surface area (Å²) in [4.78, 5) is 30.0. The van der Waals surface area contributed by atoms with Crippen molar-refractivity contribution in [1.29, 1.82) is 0 Å². The lowest BCUT2D eigenvalue weighted by atomic mass is 10.0. The van der Waals surface area contributed by atoms with Crippen LogP contribution in [0.15, 0.2) is 0 Å². The molecule has 0 bridgehead atoms. The van der Waals surface area contributed by atoms with Crippen LogP contribution in [0.4, 0.5) is 4.79 Å². The van der Waals surface area contributed by atoms with Crippen molar-refractivity contribution in [2.24, 2.45) is 5.92 Å². The molecule has 3 atom stereocenters. The second-order valence-corrected chi connectivity index (χ2v) is 6.58. The molecule has 0 aromatic carbocycles. The number of urea groups is 1. The molecular weight excluding hydrogens is 270 g/mol. The number of carboxylic acids is 1. The highest BCUT2D eigenvalue weighted by atomic mass is 16.4. The number of hydrogen-bond acceptors (Lipinski definition) is 3. The van der Waals surface area contributed by atoms with Crippen LogP contribution < -0.4 is 0 Å². The number of aliphatic carboxylic acids is 1. The molecule has 0 aromatic heterocycles. The molecule has 3 rings (SSSR count). The standard InChI is InChI=1S/C15H25N3O3/c1-11-13(14(19)20)5-9-18(11)15(21)17-8-4-12(10-17)16-6-2-3-7-16/h11-13H,2-10H2,1H3,(H,19,20). The maximum absolute atomic E-state index is 12.6. The summed E-state index contributed by atoms with van der Waals surface area (Å²) in [5, 5.41) is 9.18. The van der Waals surface area contributed by atoms with Gasteiger partial charge >= 0.3 is 12.0 Å². The van der Waals surface area contributed by atoms with Gasteiger partial charge in [-0.1, -0.05) is 0 Å². The molecule has 0 spiro atoms. The number of carbonyl (C=O) groups is 2. The summed E-state index contributed by atoms with van der Waals surface area (Å²) < 4.78 is 0. The van der Waals surface area contributed by atoms with E-state index in [0.29, 0.717) is 19.0 Å². The molecule has 6 nitrogen and oxygen atoms in total. The molecule has 0 aliphatic carbocycles. The minimum Gasteiger partial charge on any atom is -0.481 e. The van der Waals surface area contributed by atoms with Gasteiger partial charge in [0.25, 0.3) is 0 Å². The largest absolute Gasteiger partial charge is 0.481 e. The summed E-state index contributed by atoms with van der Waals surface area (Å²) in [5.74, 6) is -1.19. The zero-order chi connectivity index (χ0) is 15.0.